The minimum atomic E-state index is -0.165. The molecule has 7 heteroatoms. The van der Waals surface area contributed by atoms with Gasteiger partial charge >= 0.3 is 0 Å². The van der Waals surface area contributed by atoms with Crippen molar-refractivity contribution >= 4 is 5.95 Å². The third kappa shape index (κ3) is 3.31. The van der Waals surface area contributed by atoms with Gasteiger partial charge in [0.1, 0.15) is 12.4 Å². The van der Waals surface area contributed by atoms with Gasteiger partial charge in [0.15, 0.2) is 0 Å². The summed E-state index contributed by atoms with van der Waals surface area (Å²) in [6.45, 7) is 1.39. The highest BCUT2D eigenvalue weighted by molar-refractivity contribution is 5.55. The minimum absolute atomic E-state index is 0.0511. The number of hydrogen-bond donors (Lipinski definition) is 0. The van der Waals surface area contributed by atoms with Gasteiger partial charge < -0.3 is 9.64 Å². The van der Waals surface area contributed by atoms with E-state index in [1.54, 1.807) is 23.9 Å². The molecule has 2 fully saturated rings. The van der Waals surface area contributed by atoms with Crippen molar-refractivity contribution in [2.24, 2.45) is 7.05 Å². The maximum Gasteiger partial charge on any atom is 0.255 e. The molecule has 1 saturated heterocycles. The van der Waals surface area contributed by atoms with Crippen LogP contribution < -0.4 is 10.5 Å². The van der Waals surface area contributed by atoms with E-state index < -0.39 is 0 Å². The van der Waals surface area contributed by atoms with Crippen LogP contribution in [0.5, 0.6) is 0 Å². The minimum Gasteiger partial charge on any atom is -0.363 e. The molecule has 1 aliphatic carbocycles. The van der Waals surface area contributed by atoms with Crippen LogP contribution >= 0.6 is 0 Å². The van der Waals surface area contributed by atoms with Crippen molar-refractivity contribution in [1.82, 2.24) is 19.5 Å². The number of anilines is 1. The Kier molecular flexibility index (Phi) is 4.39. The maximum absolute atomic E-state index is 12.7. The van der Waals surface area contributed by atoms with E-state index in [-0.39, 0.29) is 17.3 Å². The predicted molar refractivity (Wildman–Crippen MR) is 110 cm³/mol. The Bertz CT molecular complexity index is 1060. The molecule has 1 saturated carbocycles. The predicted octanol–water partition coefficient (Wildman–Crippen LogP) is 2.74. The van der Waals surface area contributed by atoms with Gasteiger partial charge in [0.2, 0.25) is 5.95 Å². The Balaban J connectivity index is 1.55. The number of rotatable bonds is 3. The average Bonchev–Trinajstić information content (AvgIpc) is 2.75. The number of hydrogen-bond acceptors (Lipinski definition) is 6. The molecule has 1 aromatic carbocycles. The van der Waals surface area contributed by atoms with Crippen molar-refractivity contribution in [3.05, 3.63) is 70.9 Å². The van der Waals surface area contributed by atoms with E-state index in [4.69, 9.17) is 9.72 Å². The average molecular weight is 389 g/mol. The monoisotopic (exact) mass is 389 g/mol. The molecule has 0 bridgehead atoms. The normalized spacial score (nSPS) is 20.4. The van der Waals surface area contributed by atoms with Crippen molar-refractivity contribution in [2.45, 2.75) is 31.0 Å². The lowest BCUT2D eigenvalue weighted by atomic mass is 9.78. The summed E-state index contributed by atoms with van der Waals surface area (Å²) in [5, 5.41) is 0. The van der Waals surface area contributed by atoms with Gasteiger partial charge in [-0.2, -0.15) is 0 Å². The molecule has 5 rings (SSSR count). The van der Waals surface area contributed by atoms with Crippen LogP contribution in [0.1, 0.15) is 30.9 Å². The first kappa shape index (κ1) is 18.0. The van der Waals surface area contributed by atoms with Gasteiger partial charge in [0, 0.05) is 25.9 Å². The van der Waals surface area contributed by atoms with E-state index in [0.717, 1.165) is 24.9 Å². The zero-order valence-corrected chi connectivity index (χ0v) is 16.4. The van der Waals surface area contributed by atoms with Gasteiger partial charge in [-0.3, -0.25) is 9.36 Å². The molecular weight excluding hydrogens is 366 g/mol. The topological polar surface area (TPSA) is 73.1 Å². The Morgan fingerprint density at radius 3 is 2.66 bits per heavy atom. The van der Waals surface area contributed by atoms with Crippen LogP contribution in [0.2, 0.25) is 0 Å². The summed E-state index contributed by atoms with van der Waals surface area (Å²) < 4.78 is 8.17. The summed E-state index contributed by atoms with van der Waals surface area (Å²) >= 11 is 0. The van der Waals surface area contributed by atoms with Crippen LogP contribution in [-0.4, -0.2) is 38.2 Å². The Morgan fingerprint density at radius 1 is 1.14 bits per heavy atom. The van der Waals surface area contributed by atoms with E-state index in [9.17, 15) is 4.79 Å². The van der Waals surface area contributed by atoms with Gasteiger partial charge in [-0.25, -0.2) is 15.0 Å². The zero-order valence-electron chi connectivity index (χ0n) is 16.4. The van der Waals surface area contributed by atoms with Gasteiger partial charge in [0.25, 0.3) is 5.56 Å². The summed E-state index contributed by atoms with van der Waals surface area (Å²) in [4.78, 5) is 27.9. The summed E-state index contributed by atoms with van der Waals surface area (Å²) in [5.41, 5.74) is 2.09. The van der Waals surface area contributed by atoms with Crippen LogP contribution in [-0.2, 0) is 11.8 Å². The standard InChI is InChI=1S/C22H23N5O2/c1-26-20(28)12-18(17-8-11-23-15-24-17)25-21(26)27-13-19(16-6-3-2-4-7-16)29-22(14-27)9-5-10-22/h2-4,6-8,11-12,15,19H,5,9-10,13-14H2,1H3. The van der Waals surface area contributed by atoms with Gasteiger partial charge in [0.05, 0.1) is 23.5 Å². The lowest BCUT2D eigenvalue weighted by Gasteiger charge is -2.51. The summed E-state index contributed by atoms with van der Waals surface area (Å²) in [5.74, 6) is 0.654. The molecule has 0 radical (unpaired) electrons. The maximum atomic E-state index is 12.7. The second-order valence-electron chi connectivity index (χ2n) is 7.87. The summed E-state index contributed by atoms with van der Waals surface area (Å²) in [6, 6.07) is 13.6. The largest absolute Gasteiger partial charge is 0.363 e. The quantitative estimate of drug-likeness (QED) is 0.686. The van der Waals surface area contributed by atoms with Crippen molar-refractivity contribution in [2.75, 3.05) is 18.0 Å². The molecule has 0 N–H and O–H groups in total. The van der Waals surface area contributed by atoms with Gasteiger partial charge in [-0.15, -0.1) is 0 Å². The number of morpholine rings is 1. The molecule has 1 unspecified atom stereocenters. The lowest BCUT2D eigenvalue weighted by Crippen LogP contribution is -2.57. The number of ether oxygens (including phenoxy) is 1. The van der Waals surface area contributed by atoms with E-state index in [0.29, 0.717) is 23.9 Å². The van der Waals surface area contributed by atoms with Crippen LogP contribution in [0, 0.1) is 0 Å². The van der Waals surface area contributed by atoms with Crippen LogP contribution in [0.4, 0.5) is 5.95 Å². The third-order valence-electron chi connectivity index (χ3n) is 5.93. The van der Waals surface area contributed by atoms with Crippen molar-refractivity contribution < 1.29 is 4.74 Å². The molecular formula is C22H23N5O2. The molecule has 148 valence electrons. The molecule has 1 atom stereocenters. The highest BCUT2D eigenvalue weighted by Crippen LogP contribution is 2.44. The Morgan fingerprint density at radius 2 is 1.97 bits per heavy atom. The fourth-order valence-electron chi connectivity index (χ4n) is 4.21. The molecule has 1 spiro atoms. The molecule has 3 aromatic rings. The lowest BCUT2D eigenvalue weighted by molar-refractivity contribution is -0.151. The van der Waals surface area contributed by atoms with Crippen molar-refractivity contribution in [3.63, 3.8) is 0 Å². The fourth-order valence-corrected chi connectivity index (χ4v) is 4.21. The number of benzene rings is 1. The molecule has 7 nitrogen and oxygen atoms in total. The molecule has 2 aliphatic rings. The van der Waals surface area contributed by atoms with Crippen molar-refractivity contribution in [3.8, 4) is 11.4 Å². The number of nitrogens with zero attached hydrogens (tertiary/aromatic N) is 5. The fraction of sp³-hybridized carbons (Fsp3) is 0.364. The first-order chi connectivity index (χ1) is 14.1. The van der Waals surface area contributed by atoms with Crippen molar-refractivity contribution in [1.29, 1.82) is 0 Å². The highest BCUT2D eigenvalue weighted by Gasteiger charge is 2.46. The molecule has 3 heterocycles. The number of aromatic nitrogens is 4. The molecule has 0 amide bonds. The Labute approximate surface area is 169 Å². The van der Waals surface area contributed by atoms with Gasteiger partial charge in [-0.05, 0) is 30.9 Å². The molecule has 29 heavy (non-hydrogen) atoms. The van der Waals surface area contributed by atoms with E-state index >= 15 is 0 Å². The van der Waals surface area contributed by atoms with E-state index in [2.05, 4.69) is 27.0 Å². The van der Waals surface area contributed by atoms with E-state index in [1.807, 2.05) is 18.2 Å². The second-order valence-corrected chi connectivity index (χ2v) is 7.87. The second kappa shape index (κ2) is 7.08. The summed E-state index contributed by atoms with van der Waals surface area (Å²) in [6.07, 6.45) is 6.31. The highest BCUT2D eigenvalue weighted by atomic mass is 16.5. The first-order valence-corrected chi connectivity index (χ1v) is 9.96. The van der Waals surface area contributed by atoms with Crippen LogP contribution in [0.15, 0.2) is 59.8 Å². The zero-order chi connectivity index (χ0) is 19.8. The van der Waals surface area contributed by atoms with Crippen LogP contribution in [0.3, 0.4) is 0 Å². The van der Waals surface area contributed by atoms with Gasteiger partial charge in [-0.1, -0.05) is 30.3 Å². The third-order valence-corrected chi connectivity index (χ3v) is 5.93. The summed E-state index contributed by atoms with van der Waals surface area (Å²) in [7, 11) is 1.77. The van der Waals surface area contributed by atoms with E-state index in [1.165, 1.54) is 18.8 Å². The smallest absolute Gasteiger partial charge is 0.255 e. The van der Waals surface area contributed by atoms with Crippen LogP contribution in [0.25, 0.3) is 11.4 Å². The SMILES string of the molecule is Cn1c(N2CC(c3ccccc3)OC3(CCC3)C2)nc(-c2ccncn2)cc1=O. The molecule has 2 aromatic heterocycles. The Hall–Kier alpha value is -3.06. The first-order valence-electron chi connectivity index (χ1n) is 9.96. The molecule has 1 aliphatic heterocycles.